The zero-order chi connectivity index (χ0) is 11.0. The molecule has 0 radical (unpaired) electrons. The fourth-order valence-electron chi connectivity index (χ4n) is 3.50. The van der Waals surface area contributed by atoms with Crippen molar-refractivity contribution in [3.05, 3.63) is 0 Å². The molecule has 2 nitrogen and oxygen atoms in total. The molecule has 92 valence electrons. The molecule has 3 unspecified atom stereocenters. The molecule has 1 saturated heterocycles. The van der Waals surface area contributed by atoms with Crippen LogP contribution in [0.4, 0.5) is 0 Å². The highest BCUT2D eigenvalue weighted by atomic mass is 15.2. The molecule has 0 bridgehead atoms. The minimum atomic E-state index is 0.796. The van der Waals surface area contributed by atoms with Crippen molar-refractivity contribution in [3.8, 4) is 0 Å². The van der Waals surface area contributed by atoms with Gasteiger partial charge < -0.3 is 10.2 Å². The van der Waals surface area contributed by atoms with Crippen LogP contribution < -0.4 is 5.32 Å². The molecule has 2 aliphatic carbocycles. The first-order chi connectivity index (χ1) is 7.81. The van der Waals surface area contributed by atoms with Crippen LogP contribution in [0.3, 0.4) is 0 Å². The Labute approximate surface area is 99.8 Å². The van der Waals surface area contributed by atoms with E-state index in [1.807, 2.05) is 0 Å². The van der Waals surface area contributed by atoms with E-state index in [1.54, 1.807) is 0 Å². The SMILES string of the molecule is CC1CCCC1NC1CCN(CC2CC2)C1. The second kappa shape index (κ2) is 4.66. The lowest BCUT2D eigenvalue weighted by Crippen LogP contribution is -2.41. The van der Waals surface area contributed by atoms with Gasteiger partial charge in [0.25, 0.3) is 0 Å². The van der Waals surface area contributed by atoms with Gasteiger partial charge in [0.2, 0.25) is 0 Å². The lowest BCUT2D eigenvalue weighted by Gasteiger charge is -2.23. The average Bonchev–Trinajstić information content (AvgIpc) is 2.82. The molecule has 0 amide bonds. The van der Waals surface area contributed by atoms with Gasteiger partial charge in [-0.25, -0.2) is 0 Å². The summed E-state index contributed by atoms with van der Waals surface area (Å²) in [5, 5.41) is 3.91. The molecular formula is C14H26N2. The standard InChI is InChI=1S/C14H26N2/c1-11-3-2-4-14(11)15-13-7-8-16(10-13)9-12-5-6-12/h11-15H,2-10H2,1H3. The maximum absolute atomic E-state index is 3.91. The Bertz CT molecular complexity index is 237. The molecule has 3 aliphatic rings. The second-order valence-corrected chi connectivity index (χ2v) is 6.37. The van der Waals surface area contributed by atoms with Crippen LogP contribution in [0.15, 0.2) is 0 Å². The first kappa shape index (κ1) is 11.0. The van der Waals surface area contributed by atoms with Gasteiger partial charge in [0.15, 0.2) is 0 Å². The van der Waals surface area contributed by atoms with E-state index in [2.05, 4.69) is 17.1 Å². The van der Waals surface area contributed by atoms with Gasteiger partial charge in [-0.2, -0.15) is 0 Å². The van der Waals surface area contributed by atoms with Crippen molar-refractivity contribution in [3.63, 3.8) is 0 Å². The Morgan fingerprint density at radius 2 is 2.00 bits per heavy atom. The summed E-state index contributed by atoms with van der Waals surface area (Å²) in [5.41, 5.74) is 0. The lowest BCUT2D eigenvalue weighted by atomic mass is 10.1. The van der Waals surface area contributed by atoms with Crippen molar-refractivity contribution in [2.75, 3.05) is 19.6 Å². The van der Waals surface area contributed by atoms with Crippen molar-refractivity contribution < 1.29 is 0 Å². The molecule has 2 heteroatoms. The number of hydrogen-bond donors (Lipinski definition) is 1. The van der Waals surface area contributed by atoms with Gasteiger partial charge in [-0.05, 0) is 50.5 Å². The summed E-state index contributed by atoms with van der Waals surface area (Å²) in [6.07, 6.45) is 8.67. The summed E-state index contributed by atoms with van der Waals surface area (Å²) in [6, 6.07) is 1.62. The highest BCUT2D eigenvalue weighted by Gasteiger charge is 2.31. The Balaban J connectivity index is 1.42. The van der Waals surface area contributed by atoms with Crippen molar-refractivity contribution in [2.45, 2.75) is 57.5 Å². The van der Waals surface area contributed by atoms with Crippen molar-refractivity contribution in [2.24, 2.45) is 11.8 Å². The van der Waals surface area contributed by atoms with Gasteiger partial charge in [-0.1, -0.05) is 13.3 Å². The van der Waals surface area contributed by atoms with Crippen LogP contribution in [0.5, 0.6) is 0 Å². The van der Waals surface area contributed by atoms with E-state index in [0.29, 0.717) is 0 Å². The van der Waals surface area contributed by atoms with Gasteiger partial charge >= 0.3 is 0 Å². The quantitative estimate of drug-likeness (QED) is 0.785. The molecule has 3 fully saturated rings. The van der Waals surface area contributed by atoms with Crippen LogP contribution in [-0.4, -0.2) is 36.6 Å². The van der Waals surface area contributed by atoms with Gasteiger partial charge in [-0.15, -0.1) is 0 Å². The summed E-state index contributed by atoms with van der Waals surface area (Å²) < 4.78 is 0. The molecule has 1 N–H and O–H groups in total. The largest absolute Gasteiger partial charge is 0.310 e. The van der Waals surface area contributed by atoms with E-state index in [1.165, 1.54) is 58.2 Å². The summed E-state index contributed by atoms with van der Waals surface area (Å²) >= 11 is 0. The third-order valence-corrected chi connectivity index (χ3v) is 4.80. The number of rotatable bonds is 4. The molecule has 3 rings (SSSR count). The summed E-state index contributed by atoms with van der Waals surface area (Å²) in [4.78, 5) is 2.69. The van der Waals surface area contributed by atoms with Gasteiger partial charge in [0, 0.05) is 25.2 Å². The van der Waals surface area contributed by atoms with Crippen LogP contribution in [-0.2, 0) is 0 Å². The molecule has 1 heterocycles. The molecule has 16 heavy (non-hydrogen) atoms. The normalized spacial score (nSPS) is 40.7. The molecule has 3 atom stereocenters. The molecule has 0 aromatic heterocycles. The first-order valence-electron chi connectivity index (χ1n) is 7.29. The fourth-order valence-corrected chi connectivity index (χ4v) is 3.50. The Kier molecular flexibility index (Phi) is 3.21. The molecule has 0 aromatic rings. The molecule has 1 aliphatic heterocycles. The van der Waals surface area contributed by atoms with Gasteiger partial charge in [0.1, 0.15) is 0 Å². The topological polar surface area (TPSA) is 15.3 Å². The number of nitrogens with zero attached hydrogens (tertiary/aromatic N) is 1. The lowest BCUT2D eigenvalue weighted by molar-refractivity contribution is 0.302. The third kappa shape index (κ3) is 2.60. The van der Waals surface area contributed by atoms with Crippen LogP contribution >= 0.6 is 0 Å². The van der Waals surface area contributed by atoms with Crippen molar-refractivity contribution in [1.82, 2.24) is 10.2 Å². The smallest absolute Gasteiger partial charge is 0.0209 e. The van der Waals surface area contributed by atoms with Crippen LogP contribution in [0.25, 0.3) is 0 Å². The maximum atomic E-state index is 3.91. The summed E-state index contributed by atoms with van der Waals surface area (Å²) in [6.45, 7) is 6.47. The molecule has 2 saturated carbocycles. The molecular weight excluding hydrogens is 196 g/mol. The summed E-state index contributed by atoms with van der Waals surface area (Å²) in [5.74, 6) is 1.97. The van der Waals surface area contributed by atoms with E-state index < -0.39 is 0 Å². The predicted molar refractivity (Wildman–Crippen MR) is 67.5 cm³/mol. The van der Waals surface area contributed by atoms with E-state index in [4.69, 9.17) is 0 Å². The highest BCUT2D eigenvalue weighted by Crippen LogP contribution is 2.31. The zero-order valence-electron chi connectivity index (χ0n) is 10.6. The minimum absolute atomic E-state index is 0.796. The first-order valence-corrected chi connectivity index (χ1v) is 7.29. The predicted octanol–water partition coefficient (Wildman–Crippen LogP) is 2.25. The Hall–Kier alpha value is -0.0800. The highest BCUT2D eigenvalue weighted by molar-refractivity contribution is 4.89. The fraction of sp³-hybridized carbons (Fsp3) is 1.00. The number of hydrogen-bond acceptors (Lipinski definition) is 2. The van der Waals surface area contributed by atoms with Crippen LogP contribution in [0, 0.1) is 11.8 Å². The van der Waals surface area contributed by atoms with E-state index in [-0.39, 0.29) is 0 Å². The van der Waals surface area contributed by atoms with Gasteiger partial charge in [0.05, 0.1) is 0 Å². The van der Waals surface area contributed by atoms with E-state index in [9.17, 15) is 0 Å². The third-order valence-electron chi connectivity index (χ3n) is 4.80. The zero-order valence-corrected chi connectivity index (χ0v) is 10.6. The van der Waals surface area contributed by atoms with E-state index >= 15 is 0 Å². The maximum Gasteiger partial charge on any atom is 0.0209 e. The summed E-state index contributed by atoms with van der Waals surface area (Å²) in [7, 11) is 0. The monoisotopic (exact) mass is 222 g/mol. The number of likely N-dealkylation sites (tertiary alicyclic amines) is 1. The van der Waals surface area contributed by atoms with Crippen LogP contribution in [0.2, 0.25) is 0 Å². The van der Waals surface area contributed by atoms with E-state index in [0.717, 1.165) is 23.9 Å². The van der Waals surface area contributed by atoms with Crippen molar-refractivity contribution >= 4 is 0 Å². The minimum Gasteiger partial charge on any atom is -0.310 e. The van der Waals surface area contributed by atoms with Crippen molar-refractivity contribution in [1.29, 1.82) is 0 Å². The average molecular weight is 222 g/mol. The van der Waals surface area contributed by atoms with Crippen LogP contribution in [0.1, 0.15) is 45.4 Å². The molecule has 0 spiro atoms. The Morgan fingerprint density at radius 1 is 1.12 bits per heavy atom. The van der Waals surface area contributed by atoms with Gasteiger partial charge in [-0.3, -0.25) is 0 Å². The molecule has 0 aromatic carbocycles. The Morgan fingerprint density at radius 3 is 2.69 bits per heavy atom. The second-order valence-electron chi connectivity index (χ2n) is 6.37. The number of nitrogens with one attached hydrogen (secondary N) is 1.